The molecule has 1 aromatic heterocycles. The average Bonchev–Trinajstić information content (AvgIpc) is 2.82. The lowest BCUT2D eigenvalue weighted by atomic mass is 10.1. The number of thioether (sulfide) groups is 1. The fourth-order valence-electron chi connectivity index (χ4n) is 2.09. The Bertz CT molecular complexity index is 544. The molecule has 1 aromatic carbocycles. The van der Waals surface area contributed by atoms with E-state index >= 15 is 0 Å². The van der Waals surface area contributed by atoms with Crippen molar-refractivity contribution in [3.63, 3.8) is 0 Å². The van der Waals surface area contributed by atoms with Crippen LogP contribution in [-0.4, -0.2) is 18.3 Å². The van der Waals surface area contributed by atoms with Gasteiger partial charge in [-0.15, -0.1) is 23.1 Å². The van der Waals surface area contributed by atoms with Crippen LogP contribution in [0, 0.1) is 5.92 Å². The Balaban J connectivity index is 2.30. The maximum absolute atomic E-state index is 4.87. The Labute approximate surface area is 130 Å². The van der Waals surface area contributed by atoms with Gasteiger partial charge >= 0.3 is 0 Å². The molecule has 0 unspecified atom stereocenters. The van der Waals surface area contributed by atoms with Gasteiger partial charge in [0.25, 0.3) is 0 Å². The quantitative estimate of drug-likeness (QED) is 0.798. The predicted octanol–water partition coefficient (Wildman–Crippen LogP) is 4.45. The summed E-state index contributed by atoms with van der Waals surface area (Å²) in [6.45, 7) is 5.40. The van der Waals surface area contributed by atoms with Crippen LogP contribution in [0.25, 0.3) is 10.6 Å². The Morgan fingerprint density at radius 2 is 1.95 bits per heavy atom. The highest BCUT2D eigenvalue weighted by molar-refractivity contribution is 7.98. The van der Waals surface area contributed by atoms with Crippen molar-refractivity contribution in [2.75, 3.05) is 13.3 Å². The molecule has 1 heterocycles. The van der Waals surface area contributed by atoms with Gasteiger partial charge in [-0.1, -0.05) is 26.0 Å². The van der Waals surface area contributed by atoms with E-state index in [0.29, 0.717) is 5.92 Å². The molecule has 0 fully saturated rings. The smallest absolute Gasteiger partial charge is 0.123 e. The summed E-state index contributed by atoms with van der Waals surface area (Å²) in [5, 5.41) is 4.39. The first-order chi connectivity index (χ1) is 9.63. The molecule has 0 bridgehead atoms. The van der Waals surface area contributed by atoms with Crippen molar-refractivity contribution >= 4 is 23.1 Å². The number of thiazole rings is 1. The molecule has 1 N–H and O–H groups in total. The van der Waals surface area contributed by atoms with Crippen molar-refractivity contribution < 1.29 is 0 Å². The minimum atomic E-state index is 0.638. The molecule has 0 spiro atoms. The molecule has 0 aliphatic rings. The zero-order chi connectivity index (χ0) is 14.5. The van der Waals surface area contributed by atoms with Gasteiger partial charge in [-0.25, -0.2) is 4.98 Å². The van der Waals surface area contributed by atoms with Gasteiger partial charge in [0.15, 0.2) is 0 Å². The van der Waals surface area contributed by atoms with E-state index in [4.69, 9.17) is 4.98 Å². The third-order valence-corrected chi connectivity index (χ3v) is 4.94. The fraction of sp³-hybridized carbons (Fsp3) is 0.438. The molecule has 108 valence electrons. The number of rotatable bonds is 6. The molecule has 2 rings (SSSR count). The SMILES string of the molecule is CNCc1sc(-c2ccc(SC)cc2)nc1CC(C)C. The largest absolute Gasteiger partial charge is 0.315 e. The summed E-state index contributed by atoms with van der Waals surface area (Å²) >= 11 is 3.58. The minimum Gasteiger partial charge on any atom is -0.315 e. The topological polar surface area (TPSA) is 24.9 Å². The third-order valence-electron chi connectivity index (χ3n) is 3.05. The number of hydrogen-bond donors (Lipinski definition) is 1. The summed E-state index contributed by atoms with van der Waals surface area (Å²) in [5.41, 5.74) is 2.48. The van der Waals surface area contributed by atoms with E-state index in [1.165, 1.54) is 21.0 Å². The summed E-state index contributed by atoms with van der Waals surface area (Å²) in [7, 11) is 1.99. The van der Waals surface area contributed by atoms with Crippen LogP contribution in [0.4, 0.5) is 0 Å². The lowest BCUT2D eigenvalue weighted by Crippen LogP contribution is -2.07. The van der Waals surface area contributed by atoms with Crippen molar-refractivity contribution in [2.24, 2.45) is 5.92 Å². The van der Waals surface area contributed by atoms with E-state index in [-0.39, 0.29) is 0 Å². The van der Waals surface area contributed by atoms with Crippen molar-refractivity contribution in [3.8, 4) is 10.6 Å². The second kappa shape index (κ2) is 7.25. The molecule has 2 nitrogen and oxygen atoms in total. The minimum absolute atomic E-state index is 0.638. The second-order valence-electron chi connectivity index (χ2n) is 5.25. The number of nitrogens with one attached hydrogen (secondary N) is 1. The molecule has 4 heteroatoms. The summed E-state index contributed by atoms with van der Waals surface area (Å²) in [4.78, 5) is 7.53. The van der Waals surface area contributed by atoms with Gasteiger partial charge in [0, 0.05) is 21.9 Å². The van der Waals surface area contributed by atoms with Crippen molar-refractivity contribution in [3.05, 3.63) is 34.8 Å². The van der Waals surface area contributed by atoms with Crippen molar-refractivity contribution in [1.29, 1.82) is 0 Å². The molecular formula is C16H22N2S2. The first kappa shape index (κ1) is 15.5. The van der Waals surface area contributed by atoms with Crippen LogP contribution in [0.2, 0.25) is 0 Å². The monoisotopic (exact) mass is 306 g/mol. The Kier molecular flexibility index (Phi) is 5.64. The highest BCUT2D eigenvalue weighted by Gasteiger charge is 2.13. The van der Waals surface area contributed by atoms with E-state index in [0.717, 1.165) is 18.0 Å². The maximum atomic E-state index is 4.87. The van der Waals surface area contributed by atoms with Crippen LogP contribution >= 0.6 is 23.1 Å². The molecule has 0 amide bonds. The Morgan fingerprint density at radius 1 is 1.25 bits per heavy atom. The van der Waals surface area contributed by atoms with Gasteiger partial charge in [-0.05, 0) is 37.8 Å². The van der Waals surface area contributed by atoms with Crippen LogP contribution < -0.4 is 5.32 Å². The van der Waals surface area contributed by atoms with Gasteiger partial charge in [-0.3, -0.25) is 0 Å². The highest BCUT2D eigenvalue weighted by atomic mass is 32.2. The van der Waals surface area contributed by atoms with Crippen molar-refractivity contribution in [1.82, 2.24) is 10.3 Å². The van der Waals surface area contributed by atoms with Gasteiger partial charge in [0.1, 0.15) is 5.01 Å². The van der Waals surface area contributed by atoms with Crippen LogP contribution in [0.15, 0.2) is 29.2 Å². The lowest BCUT2D eigenvalue weighted by Gasteiger charge is -2.03. The molecule has 20 heavy (non-hydrogen) atoms. The standard InChI is InChI=1S/C16H22N2S2/c1-11(2)9-14-15(10-17-3)20-16(18-14)12-5-7-13(19-4)8-6-12/h5-8,11,17H,9-10H2,1-4H3. The summed E-state index contributed by atoms with van der Waals surface area (Å²) in [6.07, 6.45) is 3.15. The van der Waals surface area contributed by atoms with Crippen LogP contribution in [0.5, 0.6) is 0 Å². The van der Waals surface area contributed by atoms with Crippen molar-refractivity contribution in [2.45, 2.75) is 31.7 Å². The van der Waals surface area contributed by atoms with E-state index < -0.39 is 0 Å². The normalized spacial score (nSPS) is 11.2. The van der Waals surface area contributed by atoms with E-state index in [1.54, 1.807) is 11.8 Å². The van der Waals surface area contributed by atoms with E-state index in [9.17, 15) is 0 Å². The molecule has 0 radical (unpaired) electrons. The second-order valence-corrected chi connectivity index (χ2v) is 7.21. The molecular weight excluding hydrogens is 284 g/mol. The lowest BCUT2D eigenvalue weighted by molar-refractivity contribution is 0.631. The molecule has 0 saturated heterocycles. The average molecular weight is 307 g/mol. The number of aromatic nitrogens is 1. The first-order valence-corrected chi connectivity index (χ1v) is 8.95. The highest BCUT2D eigenvalue weighted by Crippen LogP contribution is 2.30. The van der Waals surface area contributed by atoms with Crippen LogP contribution in [0.3, 0.4) is 0 Å². The Hall–Kier alpha value is -0.840. The molecule has 0 saturated carbocycles. The number of benzene rings is 1. The number of hydrogen-bond acceptors (Lipinski definition) is 4. The molecule has 0 atom stereocenters. The van der Waals surface area contributed by atoms with Gasteiger partial charge in [-0.2, -0.15) is 0 Å². The van der Waals surface area contributed by atoms with Crippen LogP contribution in [-0.2, 0) is 13.0 Å². The molecule has 0 aliphatic carbocycles. The third kappa shape index (κ3) is 3.84. The zero-order valence-electron chi connectivity index (χ0n) is 12.6. The van der Waals surface area contributed by atoms with Gasteiger partial charge < -0.3 is 5.32 Å². The van der Waals surface area contributed by atoms with Gasteiger partial charge in [0.2, 0.25) is 0 Å². The van der Waals surface area contributed by atoms with Gasteiger partial charge in [0.05, 0.1) is 5.69 Å². The maximum Gasteiger partial charge on any atom is 0.123 e. The fourth-order valence-corrected chi connectivity index (χ4v) is 3.60. The first-order valence-electron chi connectivity index (χ1n) is 6.91. The summed E-state index contributed by atoms with van der Waals surface area (Å²) < 4.78 is 0. The number of nitrogens with zero attached hydrogens (tertiary/aromatic N) is 1. The predicted molar refractivity (Wildman–Crippen MR) is 90.6 cm³/mol. The molecule has 2 aromatic rings. The summed E-state index contributed by atoms with van der Waals surface area (Å²) in [5.74, 6) is 0.638. The summed E-state index contributed by atoms with van der Waals surface area (Å²) in [6, 6.07) is 8.68. The zero-order valence-corrected chi connectivity index (χ0v) is 14.2. The van der Waals surface area contributed by atoms with E-state index in [1.807, 2.05) is 18.4 Å². The van der Waals surface area contributed by atoms with Crippen LogP contribution in [0.1, 0.15) is 24.4 Å². The van der Waals surface area contributed by atoms with E-state index in [2.05, 4.69) is 49.7 Å². The molecule has 0 aliphatic heterocycles. The Morgan fingerprint density at radius 3 is 2.50 bits per heavy atom.